The van der Waals surface area contributed by atoms with Crippen molar-refractivity contribution in [2.24, 2.45) is 11.8 Å². The Hall–Kier alpha value is -3.39. The molecule has 3 heterocycles. The SMILES string of the molecule is CC(C)c1nc(CON[C@H](C(=O)N[C@@H](Cc2ccccc2)C[C@H](O)[C@H](Cc2ccccc2)NC(=O)OC2COC3OCCC23)C(C)C)cs1. The molecule has 2 saturated heterocycles. The van der Waals surface area contributed by atoms with Gasteiger partial charge in [0.15, 0.2) is 6.29 Å². The Morgan fingerprint density at radius 3 is 2.33 bits per heavy atom. The Morgan fingerprint density at radius 2 is 1.67 bits per heavy atom. The van der Waals surface area contributed by atoms with E-state index in [1.54, 1.807) is 11.3 Å². The fourth-order valence-electron chi connectivity index (χ4n) is 6.21. The van der Waals surface area contributed by atoms with Crippen molar-refractivity contribution in [1.29, 1.82) is 0 Å². The molecule has 1 aromatic heterocycles. The smallest absolute Gasteiger partial charge is 0.407 e. The van der Waals surface area contributed by atoms with E-state index in [1.807, 2.05) is 79.9 Å². The molecule has 0 radical (unpaired) electrons. The molecule has 12 heteroatoms. The zero-order valence-corrected chi connectivity index (χ0v) is 29.6. The number of ether oxygens (including phenoxy) is 3. The number of alkyl carbamates (subject to hydrolysis) is 1. The highest BCUT2D eigenvalue weighted by Gasteiger charge is 2.44. The van der Waals surface area contributed by atoms with Crippen LogP contribution in [0.15, 0.2) is 66.0 Å². The third kappa shape index (κ3) is 10.8. The maximum absolute atomic E-state index is 13.8. The van der Waals surface area contributed by atoms with Gasteiger partial charge in [0.05, 0.1) is 42.0 Å². The van der Waals surface area contributed by atoms with Gasteiger partial charge in [-0.2, -0.15) is 5.48 Å². The first-order chi connectivity index (χ1) is 23.7. The minimum Gasteiger partial charge on any atom is -0.443 e. The van der Waals surface area contributed by atoms with Crippen molar-refractivity contribution in [2.75, 3.05) is 13.2 Å². The Balaban J connectivity index is 1.26. The number of hydrogen-bond acceptors (Lipinski definition) is 10. The van der Waals surface area contributed by atoms with Gasteiger partial charge in [0, 0.05) is 17.3 Å². The fraction of sp³-hybridized carbons (Fsp3) is 0.541. The summed E-state index contributed by atoms with van der Waals surface area (Å²) in [6.45, 7) is 9.17. The first kappa shape index (κ1) is 36.9. The molecule has 4 N–H and O–H groups in total. The van der Waals surface area contributed by atoms with Crippen LogP contribution in [0.1, 0.15) is 68.3 Å². The lowest BCUT2D eigenvalue weighted by molar-refractivity contribution is -0.130. The van der Waals surface area contributed by atoms with Crippen molar-refractivity contribution in [1.82, 2.24) is 21.1 Å². The fourth-order valence-corrected chi connectivity index (χ4v) is 7.03. The number of aromatic nitrogens is 1. The Kier molecular flexibility index (Phi) is 13.6. The maximum Gasteiger partial charge on any atom is 0.407 e. The number of aliphatic hydroxyl groups is 1. The molecule has 3 unspecified atom stereocenters. The molecule has 2 amide bonds. The third-order valence-corrected chi connectivity index (χ3v) is 10.1. The van der Waals surface area contributed by atoms with Crippen molar-refractivity contribution in [2.45, 2.75) is 103 Å². The largest absolute Gasteiger partial charge is 0.443 e. The van der Waals surface area contributed by atoms with E-state index in [4.69, 9.17) is 19.0 Å². The van der Waals surface area contributed by atoms with Crippen LogP contribution >= 0.6 is 11.3 Å². The standard InChI is InChI=1S/C37H50N4O7S/c1-23(2)33(41-47-20-28-22-49-35(39-28)24(3)4)34(43)38-27(17-25-11-7-5-8-12-25)19-31(42)30(18-26-13-9-6-10-14-26)40-37(44)48-32-21-46-36-29(32)15-16-45-36/h5-14,22-24,27,29-33,36,41-42H,15-21H2,1-4H3,(H,38,43)(H,40,44)/t27-,29?,30-,31-,32?,33-,36?/m0/s1. The van der Waals surface area contributed by atoms with Gasteiger partial charge in [0.1, 0.15) is 18.8 Å². The molecule has 5 rings (SSSR count). The van der Waals surface area contributed by atoms with Crippen molar-refractivity contribution < 1.29 is 33.7 Å². The molecule has 0 spiro atoms. The van der Waals surface area contributed by atoms with E-state index in [-0.39, 0.29) is 43.7 Å². The van der Waals surface area contributed by atoms with Gasteiger partial charge < -0.3 is 30.0 Å². The molecule has 2 fully saturated rings. The second kappa shape index (κ2) is 18.0. The predicted molar refractivity (Wildman–Crippen MR) is 187 cm³/mol. The highest BCUT2D eigenvalue weighted by molar-refractivity contribution is 7.09. The van der Waals surface area contributed by atoms with E-state index in [2.05, 4.69) is 34.9 Å². The molecule has 3 aromatic rings. The van der Waals surface area contributed by atoms with Crippen LogP contribution in [0.5, 0.6) is 0 Å². The highest BCUT2D eigenvalue weighted by Crippen LogP contribution is 2.33. The van der Waals surface area contributed by atoms with E-state index >= 15 is 0 Å². The molecular formula is C37H50N4O7S. The van der Waals surface area contributed by atoms with Crippen LogP contribution in [-0.4, -0.2) is 71.9 Å². The first-order valence-corrected chi connectivity index (χ1v) is 18.1. The minimum atomic E-state index is -1.01. The Morgan fingerprint density at radius 1 is 0.980 bits per heavy atom. The van der Waals surface area contributed by atoms with Crippen LogP contribution in [0, 0.1) is 11.8 Å². The molecular weight excluding hydrogens is 644 g/mol. The summed E-state index contributed by atoms with van der Waals surface area (Å²) in [7, 11) is 0. The number of hydrogen-bond donors (Lipinski definition) is 4. The number of thiazole rings is 1. The van der Waals surface area contributed by atoms with Gasteiger partial charge in [-0.25, -0.2) is 9.78 Å². The molecule has 2 aromatic carbocycles. The van der Waals surface area contributed by atoms with E-state index in [0.717, 1.165) is 28.2 Å². The lowest BCUT2D eigenvalue weighted by Gasteiger charge is -2.30. The topological polar surface area (TPSA) is 140 Å². The zero-order chi connectivity index (χ0) is 34.8. The van der Waals surface area contributed by atoms with Crippen LogP contribution in [0.2, 0.25) is 0 Å². The van der Waals surface area contributed by atoms with Crippen molar-refractivity contribution >= 4 is 23.3 Å². The molecule has 0 saturated carbocycles. The predicted octanol–water partition coefficient (Wildman–Crippen LogP) is 4.89. The van der Waals surface area contributed by atoms with E-state index in [1.165, 1.54) is 0 Å². The minimum absolute atomic E-state index is 0.000721. The Bertz CT molecular complexity index is 1460. The van der Waals surface area contributed by atoms with Gasteiger partial charge in [-0.15, -0.1) is 11.3 Å². The number of nitrogens with zero attached hydrogens (tertiary/aromatic N) is 1. The number of rotatable bonds is 17. The number of fused-ring (bicyclic) bond motifs is 1. The monoisotopic (exact) mass is 694 g/mol. The number of amides is 2. The average molecular weight is 695 g/mol. The lowest BCUT2D eigenvalue weighted by Crippen LogP contribution is -2.53. The Labute approximate surface area is 293 Å². The lowest BCUT2D eigenvalue weighted by atomic mass is 9.93. The first-order valence-electron chi connectivity index (χ1n) is 17.2. The number of hydroxylamine groups is 1. The average Bonchev–Trinajstić information content (AvgIpc) is 3.83. The van der Waals surface area contributed by atoms with Gasteiger partial charge in [0.25, 0.3) is 0 Å². The molecule has 0 aliphatic carbocycles. The molecule has 7 atom stereocenters. The summed E-state index contributed by atoms with van der Waals surface area (Å²) in [6, 6.07) is 17.7. The van der Waals surface area contributed by atoms with Crippen molar-refractivity contribution in [3.63, 3.8) is 0 Å². The molecule has 49 heavy (non-hydrogen) atoms. The maximum atomic E-state index is 13.8. The van der Waals surface area contributed by atoms with Crippen LogP contribution in [0.4, 0.5) is 4.79 Å². The van der Waals surface area contributed by atoms with Crippen LogP contribution in [-0.2, 0) is 43.3 Å². The summed E-state index contributed by atoms with van der Waals surface area (Å²) < 4.78 is 17.0. The van der Waals surface area contributed by atoms with Gasteiger partial charge in [-0.1, -0.05) is 88.4 Å². The summed E-state index contributed by atoms with van der Waals surface area (Å²) in [6.07, 6.45) is -0.576. The molecule has 2 aliphatic rings. The zero-order valence-electron chi connectivity index (χ0n) is 28.7. The van der Waals surface area contributed by atoms with E-state index < -0.39 is 36.4 Å². The number of carbonyl (C=O) groups is 2. The summed E-state index contributed by atoms with van der Waals surface area (Å²) >= 11 is 1.59. The normalized spacial score (nSPS) is 21.2. The van der Waals surface area contributed by atoms with E-state index in [9.17, 15) is 14.7 Å². The number of benzene rings is 2. The summed E-state index contributed by atoms with van der Waals surface area (Å²) in [5.74, 6) is 0.00307. The van der Waals surface area contributed by atoms with Gasteiger partial charge in [-0.3, -0.25) is 9.63 Å². The summed E-state index contributed by atoms with van der Waals surface area (Å²) in [5.41, 5.74) is 5.72. The number of aliphatic hydroxyl groups excluding tert-OH is 1. The molecule has 0 bridgehead atoms. The quantitative estimate of drug-likeness (QED) is 0.146. The van der Waals surface area contributed by atoms with Crippen LogP contribution in [0.3, 0.4) is 0 Å². The molecule has 2 aliphatic heterocycles. The molecule has 11 nitrogen and oxygen atoms in total. The van der Waals surface area contributed by atoms with Gasteiger partial charge in [-0.05, 0) is 42.7 Å². The third-order valence-electron chi connectivity index (χ3n) is 8.95. The molecule has 266 valence electrons. The second-order valence-electron chi connectivity index (χ2n) is 13.6. The van der Waals surface area contributed by atoms with Crippen LogP contribution in [0.25, 0.3) is 0 Å². The summed E-state index contributed by atoms with van der Waals surface area (Å²) in [4.78, 5) is 37.4. The van der Waals surface area contributed by atoms with Gasteiger partial charge in [0.2, 0.25) is 5.91 Å². The number of nitrogens with one attached hydrogen (secondary N) is 3. The highest BCUT2D eigenvalue weighted by atomic mass is 32.1. The second-order valence-corrected chi connectivity index (χ2v) is 14.5. The van der Waals surface area contributed by atoms with Crippen LogP contribution < -0.4 is 16.1 Å². The van der Waals surface area contributed by atoms with Crippen molar-refractivity contribution in [3.05, 3.63) is 87.9 Å². The summed E-state index contributed by atoms with van der Waals surface area (Å²) in [5, 5.41) is 20.8. The van der Waals surface area contributed by atoms with E-state index in [0.29, 0.717) is 25.4 Å². The van der Waals surface area contributed by atoms with Gasteiger partial charge >= 0.3 is 6.09 Å². The number of carbonyl (C=O) groups excluding carboxylic acids is 2. The van der Waals surface area contributed by atoms with Crippen molar-refractivity contribution in [3.8, 4) is 0 Å².